The third-order valence-electron chi connectivity index (χ3n) is 3.00. The maximum absolute atomic E-state index is 3.64. The molecule has 0 aromatic heterocycles. The molecule has 1 heteroatoms. The number of hydrogen-bond donors (Lipinski definition) is 1. The topological polar surface area (TPSA) is 12.0 Å². The molecule has 1 nitrogen and oxygen atoms in total. The maximum Gasteiger partial charge on any atom is 0.00806 e. The molecule has 1 saturated carbocycles. The Hall–Kier alpha value is -0.300. The zero-order valence-corrected chi connectivity index (χ0v) is 8.09. The molecule has 2 unspecified atom stereocenters. The van der Waals surface area contributed by atoms with Crippen LogP contribution in [0.3, 0.4) is 0 Å². The molecular formula is C11H19N. The van der Waals surface area contributed by atoms with E-state index in [-0.39, 0.29) is 0 Å². The van der Waals surface area contributed by atoms with Gasteiger partial charge in [-0.3, -0.25) is 0 Å². The lowest BCUT2D eigenvalue weighted by Gasteiger charge is -2.30. The maximum atomic E-state index is 3.64. The summed E-state index contributed by atoms with van der Waals surface area (Å²) in [7, 11) is 0. The van der Waals surface area contributed by atoms with E-state index in [2.05, 4.69) is 31.3 Å². The molecule has 0 radical (unpaired) electrons. The van der Waals surface area contributed by atoms with E-state index in [0.29, 0.717) is 6.04 Å². The van der Waals surface area contributed by atoms with Gasteiger partial charge in [-0.15, -0.1) is 0 Å². The van der Waals surface area contributed by atoms with Gasteiger partial charge in [-0.05, 0) is 31.1 Å². The summed E-state index contributed by atoms with van der Waals surface area (Å²) in [6.07, 6.45) is 9.01. The van der Waals surface area contributed by atoms with Gasteiger partial charge in [-0.2, -0.15) is 0 Å². The SMILES string of the molecule is CC(C)NC1CC2C=CC(C2)C1. The van der Waals surface area contributed by atoms with Gasteiger partial charge < -0.3 is 5.32 Å². The van der Waals surface area contributed by atoms with Crippen LogP contribution < -0.4 is 5.32 Å². The van der Waals surface area contributed by atoms with Gasteiger partial charge in [0.1, 0.15) is 0 Å². The van der Waals surface area contributed by atoms with Crippen molar-refractivity contribution in [1.29, 1.82) is 0 Å². The Labute approximate surface area is 75.2 Å². The van der Waals surface area contributed by atoms with Gasteiger partial charge in [0, 0.05) is 12.1 Å². The minimum atomic E-state index is 0.646. The van der Waals surface area contributed by atoms with Crippen LogP contribution in [0.1, 0.15) is 33.1 Å². The van der Waals surface area contributed by atoms with Gasteiger partial charge in [0.15, 0.2) is 0 Å². The zero-order valence-electron chi connectivity index (χ0n) is 8.09. The first-order valence-corrected chi connectivity index (χ1v) is 5.18. The monoisotopic (exact) mass is 165 g/mol. The fourth-order valence-electron chi connectivity index (χ4n) is 2.64. The Morgan fingerprint density at radius 3 is 2.17 bits per heavy atom. The second kappa shape index (κ2) is 3.21. The van der Waals surface area contributed by atoms with Gasteiger partial charge in [0.2, 0.25) is 0 Å². The highest BCUT2D eigenvalue weighted by molar-refractivity contribution is 5.07. The Bertz CT molecular complexity index is 169. The Balaban J connectivity index is 1.88. The Kier molecular flexibility index (Phi) is 2.22. The van der Waals surface area contributed by atoms with E-state index < -0.39 is 0 Å². The van der Waals surface area contributed by atoms with Crippen molar-refractivity contribution in [2.24, 2.45) is 11.8 Å². The van der Waals surface area contributed by atoms with Crippen molar-refractivity contribution in [3.63, 3.8) is 0 Å². The van der Waals surface area contributed by atoms with Crippen molar-refractivity contribution >= 4 is 0 Å². The third-order valence-corrected chi connectivity index (χ3v) is 3.00. The van der Waals surface area contributed by atoms with E-state index in [4.69, 9.17) is 0 Å². The van der Waals surface area contributed by atoms with Crippen LogP contribution in [-0.2, 0) is 0 Å². The molecule has 2 aliphatic carbocycles. The standard InChI is InChI=1S/C11H19N/c1-8(2)12-11-6-9-3-4-10(5-9)7-11/h3-4,8-12H,5-7H2,1-2H3. The average Bonchev–Trinajstić information content (AvgIpc) is 2.29. The minimum absolute atomic E-state index is 0.646. The smallest absolute Gasteiger partial charge is 0.00806 e. The summed E-state index contributed by atoms with van der Waals surface area (Å²) in [6, 6.07) is 1.43. The molecule has 2 rings (SSSR count). The molecule has 0 heterocycles. The van der Waals surface area contributed by atoms with Crippen molar-refractivity contribution in [3.05, 3.63) is 12.2 Å². The Morgan fingerprint density at radius 1 is 1.08 bits per heavy atom. The summed E-state index contributed by atoms with van der Waals surface area (Å²) < 4.78 is 0. The van der Waals surface area contributed by atoms with E-state index in [1.165, 1.54) is 19.3 Å². The lowest BCUT2D eigenvalue weighted by molar-refractivity contribution is 0.284. The van der Waals surface area contributed by atoms with Crippen molar-refractivity contribution in [1.82, 2.24) is 5.32 Å². The highest BCUT2D eigenvalue weighted by Gasteiger charge is 2.29. The van der Waals surface area contributed by atoms with Gasteiger partial charge in [0.05, 0.1) is 0 Å². The van der Waals surface area contributed by atoms with E-state index in [0.717, 1.165) is 17.9 Å². The van der Waals surface area contributed by atoms with Crippen LogP contribution >= 0.6 is 0 Å². The molecule has 0 amide bonds. The number of allylic oxidation sites excluding steroid dienone is 2. The van der Waals surface area contributed by atoms with Gasteiger partial charge >= 0.3 is 0 Å². The van der Waals surface area contributed by atoms with Crippen molar-refractivity contribution in [2.45, 2.75) is 45.2 Å². The largest absolute Gasteiger partial charge is 0.312 e. The van der Waals surface area contributed by atoms with Crippen LogP contribution in [0, 0.1) is 11.8 Å². The molecular weight excluding hydrogens is 146 g/mol. The molecule has 0 saturated heterocycles. The molecule has 68 valence electrons. The number of hydrogen-bond acceptors (Lipinski definition) is 1. The average molecular weight is 165 g/mol. The highest BCUT2D eigenvalue weighted by atomic mass is 14.9. The molecule has 0 aliphatic heterocycles. The summed E-state index contributed by atoms with van der Waals surface area (Å²) in [6.45, 7) is 4.48. The first-order valence-electron chi connectivity index (χ1n) is 5.18. The van der Waals surface area contributed by atoms with Crippen LogP contribution in [0.2, 0.25) is 0 Å². The van der Waals surface area contributed by atoms with Gasteiger partial charge in [-0.25, -0.2) is 0 Å². The highest BCUT2D eigenvalue weighted by Crippen LogP contribution is 2.36. The Morgan fingerprint density at radius 2 is 1.67 bits per heavy atom. The second-order valence-corrected chi connectivity index (χ2v) is 4.63. The predicted octanol–water partition coefficient (Wildman–Crippen LogP) is 2.34. The summed E-state index contributed by atoms with van der Waals surface area (Å²) in [5.41, 5.74) is 0. The van der Waals surface area contributed by atoms with E-state index in [1.54, 1.807) is 0 Å². The van der Waals surface area contributed by atoms with Gasteiger partial charge in [-0.1, -0.05) is 26.0 Å². The van der Waals surface area contributed by atoms with Crippen LogP contribution in [0.4, 0.5) is 0 Å². The minimum Gasteiger partial charge on any atom is -0.312 e. The normalized spacial score (nSPS) is 39.4. The molecule has 12 heavy (non-hydrogen) atoms. The van der Waals surface area contributed by atoms with Crippen molar-refractivity contribution in [3.8, 4) is 0 Å². The molecule has 1 N–H and O–H groups in total. The second-order valence-electron chi connectivity index (χ2n) is 4.63. The fourth-order valence-corrected chi connectivity index (χ4v) is 2.64. The summed E-state index contributed by atoms with van der Waals surface area (Å²) in [5.74, 6) is 1.78. The number of fused-ring (bicyclic) bond motifs is 2. The van der Waals surface area contributed by atoms with Crippen molar-refractivity contribution in [2.75, 3.05) is 0 Å². The molecule has 1 fully saturated rings. The molecule has 2 bridgehead atoms. The first-order chi connectivity index (χ1) is 5.74. The molecule has 0 aromatic carbocycles. The summed E-state index contributed by atoms with van der Waals surface area (Å²) in [4.78, 5) is 0. The lowest BCUT2D eigenvalue weighted by Crippen LogP contribution is -2.39. The lowest BCUT2D eigenvalue weighted by atomic mass is 9.84. The summed E-state index contributed by atoms with van der Waals surface area (Å²) >= 11 is 0. The third kappa shape index (κ3) is 1.71. The van der Waals surface area contributed by atoms with E-state index in [9.17, 15) is 0 Å². The quantitative estimate of drug-likeness (QED) is 0.619. The molecule has 2 aliphatic rings. The van der Waals surface area contributed by atoms with Crippen molar-refractivity contribution < 1.29 is 0 Å². The van der Waals surface area contributed by atoms with E-state index >= 15 is 0 Å². The zero-order chi connectivity index (χ0) is 8.55. The molecule has 2 atom stereocenters. The predicted molar refractivity (Wildman–Crippen MR) is 52.0 cm³/mol. The summed E-state index contributed by atoms with van der Waals surface area (Å²) in [5, 5.41) is 3.64. The van der Waals surface area contributed by atoms with Crippen LogP contribution in [-0.4, -0.2) is 12.1 Å². The van der Waals surface area contributed by atoms with Crippen LogP contribution in [0.15, 0.2) is 12.2 Å². The van der Waals surface area contributed by atoms with Crippen LogP contribution in [0.5, 0.6) is 0 Å². The fraction of sp³-hybridized carbons (Fsp3) is 0.818. The molecule has 0 spiro atoms. The first kappa shape index (κ1) is 8.31. The van der Waals surface area contributed by atoms with E-state index in [1.807, 2.05) is 0 Å². The van der Waals surface area contributed by atoms with Crippen LogP contribution in [0.25, 0.3) is 0 Å². The molecule has 0 aromatic rings. The number of nitrogens with one attached hydrogen (secondary N) is 1. The number of rotatable bonds is 2. The van der Waals surface area contributed by atoms with Gasteiger partial charge in [0.25, 0.3) is 0 Å².